The summed E-state index contributed by atoms with van der Waals surface area (Å²) in [6.45, 7) is 2.95. The van der Waals surface area contributed by atoms with E-state index < -0.39 is 0 Å². The van der Waals surface area contributed by atoms with E-state index in [0.717, 1.165) is 17.0 Å². The molecular formula is C14H17ClN2O2. The number of hydrogen-bond donors (Lipinski definition) is 0. The van der Waals surface area contributed by atoms with Crippen LogP contribution in [0.5, 0.6) is 11.5 Å². The number of rotatable bonds is 6. The van der Waals surface area contributed by atoms with Crippen molar-refractivity contribution in [1.82, 2.24) is 9.78 Å². The topological polar surface area (TPSA) is 36.3 Å². The molecule has 4 nitrogen and oxygen atoms in total. The van der Waals surface area contributed by atoms with Crippen molar-refractivity contribution in [2.24, 2.45) is 7.05 Å². The maximum absolute atomic E-state index is 5.82. The Morgan fingerprint density at radius 3 is 2.68 bits per heavy atom. The molecule has 0 bridgehead atoms. The van der Waals surface area contributed by atoms with Crippen molar-refractivity contribution in [1.29, 1.82) is 0 Å². The molecule has 1 heterocycles. The van der Waals surface area contributed by atoms with Gasteiger partial charge in [-0.25, -0.2) is 0 Å². The maximum Gasteiger partial charge on any atom is 0.161 e. The number of nitrogens with zero attached hydrogens (tertiary/aromatic N) is 2. The standard InChI is InChI=1S/C14H17ClN2O2/c1-3-18-14-8-11(9-15)4-5-13(14)19-10-12-6-7-17(2)16-12/h4-8H,3,9-10H2,1-2H3. The Kier molecular flexibility index (Phi) is 4.68. The van der Waals surface area contributed by atoms with Crippen LogP contribution in [0.1, 0.15) is 18.2 Å². The molecule has 0 unspecified atom stereocenters. The van der Waals surface area contributed by atoms with E-state index >= 15 is 0 Å². The zero-order chi connectivity index (χ0) is 13.7. The number of benzene rings is 1. The third-order valence-electron chi connectivity index (χ3n) is 2.61. The molecule has 0 amide bonds. The van der Waals surface area contributed by atoms with Gasteiger partial charge in [0.15, 0.2) is 11.5 Å². The Hall–Kier alpha value is -1.68. The molecule has 0 radical (unpaired) electrons. The first-order chi connectivity index (χ1) is 9.22. The van der Waals surface area contributed by atoms with Gasteiger partial charge in [-0.1, -0.05) is 6.07 Å². The first-order valence-corrected chi connectivity index (χ1v) is 6.69. The van der Waals surface area contributed by atoms with Gasteiger partial charge in [-0.15, -0.1) is 11.6 Å². The highest BCUT2D eigenvalue weighted by Gasteiger charge is 2.07. The third-order valence-corrected chi connectivity index (χ3v) is 2.92. The zero-order valence-corrected chi connectivity index (χ0v) is 11.9. The van der Waals surface area contributed by atoms with Gasteiger partial charge in [0.05, 0.1) is 12.3 Å². The summed E-state index contributed by atoms with van der Waals surface area (Å²) < 4.78 is 13.1. The molecule has 0 atom stereocenters. The number of alkyl halides is 1. The SMILES string of the molecule is CCOc1cc(CCl)ccc1OCc1ccn(C)n1. The van der Waals surface area contributed by atoms with Gasteiger partial charge < -0.3 is 9.47 Å². The van der Waals surface area contributed by atoms with E-state index in [1.165, 1.54) is 0 Å². The Labute approximate surface area is 117 Å². The number of aromatic nitrogens is 2. The molecular weight excluding hydrogens is 264 g/mol. The number of hydrogen-bond acceptors (Lipinski definition) is 3. The minimum absolute atomic E-state index is 0.418. The average molecular weight is 281 g/mol. The van der Waals surface area contributed by atoms with Crippen LogP contribution in [0.2, 0.25) is 0 Å². The molecule has 1 aromatic carbocycles. The smallest absolute Gasteiger partial charge is 0.161 e. The van der Waals surface area contributed by atoms with E-state index in [9.17, 15) is 0 Å². The quantitative estimate of drug-likeness (QED) is 0.763. The molecule has 0 saturated heterocycles. The summed E-state index contributed by atoms with van der Waals surface area (Å²) in [5.74, 6) is 1.89. The summed E-state index contributed by atoms with van der Waals surface area (Å²) in [4.78, 5) is 0. The maximum atomic E-state index is 5.82. The third kappa shape index (κ3) is 3.64. The molecule has 0 aliphatic rings. The molecule has 0 aliphatic carbocycles. The largest absolute Gasteiger partial charge is 0.490 e. The van der Waals surface area contributed by atoms with Crippen LogP contribution in [0.4, 0.5) is 0 Å². The molecule has 19 heavy (non-hydrogen) atoms. The highest BCUT2D eigenvalue weighted by atomic mass is 35.5. The normalized spacial score (nSPS) is 10.5. The summed E-state index contributed by atoms with van der Waals surface area (Å²) >= 11 is 5.82. The highest BCUT2D eigenvalue weighted by molar-refractivity contribution is 6.17. The molecule has 0 fully saturated rings. The Bertz CT molecular complexity index is 540. The predicted molar refractivity (Wildman–Crippen MR) is 74.7 cm³/mol. The van der Waals surface area contributed by atoms with Crippen LogP contribution < -0.4 is 9.47 Å². The number of ether oxygens (including phenoxy) is 2. The summed E-state index contributed by atoms with van der Waals surface area (Å²) in [6.07, 6.45) is 1.89. The van der Waals surface area contributed by atoms with Crippen LogP contribution >= 0.6 is 11.6 Å². The Balaban J connectivity index is 2.10. The molecule has 0 N–H and O–H groups in total. The van der Waals surface area contributed by atoms with Gasteiger partial charge in [0.1, 0.15) is 6.61 Å². The van der Waals surface area contributed by atoms with Gasteiger partial charge in [0.25, 0.3) is 0 Å². The van der Waals surface area contributed by atoms with Crippen LogP contribution in [-0.4, -0.2) is 16.4 Å². The van der Waals surface area contributed by atoms with Gasteiger partial charge in [0, 0.05) is 19.1 Å². The first-order valence-electron chi connectivity index (χ1n) is 6.16. The lowest BCUT2D eigenvalue weighted by Gasteiger charge is -2.12. The van der Waals surface area contributed by atoms with E-state index in [2.05, 4.69) is 5.10 Å². The zero-order valence-electron chi connectivity index (χ0n) is 11.1. The molecule has 0 saturated carbocycles. The van der Waals surface area contributed by atoms with E-state index in [-0.39, 0.29) is 0 Å². The Morgan fingerprint density at radius 1 is 1.21 bits per heavy atom. The van der Waals surface area contributed by atoms with Gasteiger partial charge in [0.2, 0.25) is 0 Å². The van der Waals surface area contributed by atoms with Crippen molar-refractivity contribution in [2.45, 2.75) is 19.4 Å². The second-order valence-corrected chi connectivity index (χ2v) is 4.38. The van der Waals surface area contributed by atoms with Crippen LogP contribution in [0, 0.1) is 0 Å². The fraction of sp³-hybridized carbons (Fsp3) is 0.357. The summed E-state index contributed by atoms with van der Waals surface area (Å²) in [7, 11) is 1.88. The second-order valence-electron chi connectivity index (χ2n) is 4.12. The highest BCUT2D eigenvalue weighted by Crippen LogP contribution is 2.29. The molecule has 0 aliphatic heterocycles. The van der Waals surface area contributed by atoms with Crippen molar-refractivity contribution in [2.75, 3.05) is 6.61 Å². The summed E-state index contributed by atoms with van der Waals surface area (Å²) in [5, 5.41) is 4.26. The lowest BCUT2D eigenvalue weighted by atomic mass is 10.2. The van der Waals surface area contributed by atoms with Crippen LogP contribution in [0.15, 0.2) is 30.5 Å². The molecule has 2 aromatic rings. The lowest BCUT2D eigenvalue weighted by Crippen LogP contribution is -2.01. The second kappa shape index (κ2) is 6.48. The van der Waals surface area contributed by atoms with Gasteiger partial charge in [-0.3, -0.25) is 4.68 Å². The summed E-state index contributed by atoms with van der Waals surface area (Å²) in [6, 6.07) is 7.65. The molecule has 5 heteroatoms. The molecule has 0 spiro atoms. The first kappa shape index (κ1) is 13.7. The van der Waals surface area contributed by atoms with Crippen molar-refractivity contribution in [3.63, 3.8) is 0 Å². The average Bonchev–Trinajstić information content (AvgIpc) is 2.83. The van der Waals surface area contributed by atoms with E-state index in [1.54, 1.807) is 4.68 Å². The minimum Gasteiger partial charge on any atom is -0.490 e. The Morgan fingerprint density at radius 2 is 2.05 bits per heavy atom. The van der Waals surface area contributed by atoms with Crippen molar-refractivity contribution in [3.05, 3.63) is 41.7 Å². The monoisotopic (exact) mass is 280 g/mol. The van der Waals surface area contributed by atoms with E-state index in [4.69, 9.17) is 21.1 Å². The fourth-order valence-electron chi connectivity index (χ4n) is 1.71. The fourth-order valence-corrected chi connectivity index (χ4v) is 1.88. The molecule has 2 rings (SSSR count). The van der Waals surface area contributed by atoms with E-state index in [0.29, 0.717) is 24.8 Å². The number of aryl methyl sites for hydroxylation is 1. The van der Waals surface area contributed by atoms with Crippen LogP contribution in [-0.2, 0) is 19.5 Å². The van der Waals surface area contributed by atoms with Crippen molar-refractivity contribution in [3.8, 4) is 11.5 Å². The van der Waals surface area contributed by atoms with Crippen molar-refractivity contribution < 1.29 is 9.47 Å². The van der Waals surface area contributed by atoms with E-state index in [1.807, 2.05) is 44.4 Å². The van der Waals surface area contributed by atoms with Gasteiger partial charge in [-0.05, 0) is 30.7 Å². The van der Waals surface area contributed by atoms with Gasteiger partial charge >= 0.3 is 0 Å². The van der Waals surface area contributed by atoms with Gasteiger partial charge in [-0.2, -0.15) is 5.10 Å². The minimum atomic E-state index is 0.418. The van der Waals surface area contributed by atoms with Crippen LogP contribution in [0.25, 0.3) is 0 Å². The van der Waals surface area contributed by atoms with Crippen LogP contribution in [0.3, 0.4) is 0 Å². The molecule has 102 valence electrons. The van der Waals surface area contributed by atoms with Crippen molar-refractivity contribution >= 4 is 11.6 Å². The lowest BCUT2D eigenvalue weighted by molar-refractivity contribution is 0.265. The molecule has 1 aromatic heterocycles. The number of halogens is 1. The predicted octanol–water partition coefficient (Wildman–Crippen LogP) is 3.14. The summed E-state index contributed by atoms with van der Waals surface area (Å²) in [5.41, 5.74) is 1.89.